The van der Waals surface area contributed by atoms with Gasteiger partial charge >= 0.3 is 0 Å². The van der Waals surface area contributed by atoms with Crippen molar-refractivity contribution >= 4 is 17.2 Å². The highest BCUT2D eigenvalue weighted by molar-refractivity contribution is 7.14. The average molecular weight is 315 g/mol. The van der Waals surface area contributed by atoms with E-state index < -0.39 is 0 Å². The molecule has 2 heterocycles. The van der Waals surface area contributed by atoms with E-state index >= 15 is 0 Å². The first kappa shape index (κ1) is 15.2. The topological polar surface area (TPSA) is 54.0 Å². The van der Waals surface area contributed by atoms with Crippen molar-refractivity contribution in [3.05, 3.63) is 40.2 Å². The molecule has 2 N–H and O–H groups in total. The normalized spacial score (nSPS) is 21.5. The third-order valence-corrected chi connectivity index (χ3v) is 5.10. The molecule has 116 valence electrons. The van der Waals surface area contributed by atoms with E-state index in [-0.39, 0.29) is 11.9 Å². The van der Waals surface area contributed by atoms with E-state index in [1.807, 2.05) is 37.3 Å². The maximum Gasteiger partial charge on any atom is 0.263 e. The first-order valence-electron chi connectivity index (χ1n) is 7.69. The molecule has 1 saturated heterocycles. The van der Waals surface area contributed by atoms with Gasteiger partial charge in [-0.25, -0.2) is 4.98 Å². The average Bonchev–Trinajstić information content (AvgIpc) is 2.92. The van der Waals surface area contributed by atoms with Gasteiger partial charge in [-0.2, -0.15) is 0 Å². The van der Waals surface area contributed by atoms with Crippen molar-refractivity contribution in [1.29, 1.82) is 0 Å². The third kappa shape index (κ3) is 3.20. The van der Waals surface area contributed by atoms with Crippen molar-refractivity contribution in [2.75, 3.05) is 13.1 Å². The molecule has 4 nitrogen and oxygen atoms in total. The monoisotopic (exact) mass is 315 g/mol. The summed E-state index contributed by atoms with van der Waals surface area (Å²) in [5.74, 6) is 0.490. The SMILES string of the molecule is Cc1nc(-c2ccccc2)c(C(=O)NC2CNCCC2C)s1. The minimum atomic E-state index is -0.00926. The van der Waals surface area contributed by atoms with Gasteiger partial charge in [0.1, 0.15) is 4.88 Å². The lowest BCUT2D eigenvalue weighted by molar-refractivity contribution is 0.0920. The number of hydrogen-bond acceptors (Lipinski definition) is 4. The molecule has 22 heavy (non-hydrogen) atoms. The van der Waals surface area contributed by atoms with E-state index in [2.05, 4.69) is 22.5 Å². The van der Waals surface area contributed by atoms with E-state index in [1.165, 1.54) is 11.3 Å². The van der Waals surface area contributed by atoms with Crippen LogP contribution in [0.3, 0.4) is 0 Å². The zero-order valence-electron chi connectivity index (χ0n) is 12.9. The predicted molar refractivity (Wildman–Crippen MR) is 90.2 cm³/mol. The zero-order valence-corrected chi connectivity index (χ0v) is 13.7. The Hall–Kier alpha value is -1.72. The Balaban J connectivity index is 1.84. The summed E-state index contributed by atoms with van der Waals surface area (Å²) in [4.78, 5) is 18.0. The first-order chi connectivity index (χ1) is 10.6. The summed E-state index contributed by atoms with van der Waals surface area (Å²) in [6.07, 6.45) is 1.10. The molecule has 0 saturated carbocycles. The molecule has 0 aliphatic carbocycles. The van der Waals surface area contributed by atoms with Crippen LogP contribution in [0.25, 0.3) is 11.3 Å². The largest absolute Gasteiger partial charge is 0.347 e. The molecule has 2 atom stereocenters. The van der Waals surface area contributed by atoms with Gasteiger partial charge in [0.05, 0.1) is 10.7 Å². The molecule has 1 aromatic carbocycles. The number of piperidine rings is 1. The molecular weight excluding hydrogens is 294 g/mol. The Morgan fingerprint density at radius 2 is 2.14 bits per heavy atom. The first-order valence-corrected chi connectivity index (χ1v) is 8.51. The second-order valence-electron chi connectivity index (χ2n) is 5.83. The molecule has 1 amide bonds. The molecule has 2 aromatic rings. The van der Waals surface area contributed by atoms with Crippen molar-refractivity contribution in [3.63, 3.8) is 0 Å². The van der Waals surface area contributed by atoms with Crippen molar-refractivity contribution in [3.8, 4) is 11.3 Å². The van der Waals surface area contributed by atoms with Gasteiger partial charge in [0.15, 0.2) is 0 Å². The number of nitrogens with one attached hydrogen (secondary N) is 2. The summed E-state index contributed by atoms with van der Waals surface area (Å²) in [6, 6.07) is 10.1. The van der Waals surface area contributed by atoms with Crippen LogP contribution in [0.1, 0.15) is 28.0 Å². The Morgan fingerprint density at radius 1 is 1.36 bits per heavy atom. The van der Waals surface area contributed by atoms with E-state index in [4.69, 9.17) is 0 Å². The van der Waals surface area contributed by atoms with Crippen molar-refractivity contribution < 1.29 is 4.79 Å². The third-order valence-electron chi connectivity index (χ3n) is 4.13. The van der Waals surface area contributed by atoms with Crippen molar-refractivity contribution in [2.45, 2.75) is 26.3 Å². The maximum absolute atomic E-state index is 12.7. The predicted octanol–water partition coefficient (Wildman–Crippen LogP) is 2.85. The van der Waals surface area contributed by atoms with Crippen LogP contribution >= 0.6 is 11.3 Å². The molecule has 1 aliphatic heterocycles. The molecule has 3 rings (SSSR count). The van der Waals surface area contributed by atoms with Gasteiger partial charge in [0.2, 0.25) is 0 Å². The number of aryl methyl sites for hydroxylation is 1. The summed E-state index contributed by atoms with van der Waals surface area (Å²) in [7, 11) is 0. The molecule has 5 heteroatoms. The van der Waals surface area contributed by atoms with Gasteiger partial charge in [0.25, 0.3) is 5.91 Å². The van der Waals surface area contributed by atoms with Crippen LogP contribution in [0.5, 0.6) is 0 Å². The summed E-state index contributed by atoms with van der Waals surface area (Å²) in [5.41, 5.74) is 1.78. The number of amides is 1. The van der Waals surface area contributed by atoms with Crippen LogP contribution in [0.4, 0.5) is 0 Å². The van der Waals surface area contributed by atoms with Gasteiger partial charge in [-0.1, -0.05) is 37.3 Å². The lowest BCUT2D eigenvalue weighted by atomic mass is 9.95. The Labute approximate surface area is 135 Å². The molecule has 0 bridgehead atoms. The maximum atomic E-state index is 12.7. The van der Waals surface area contributed by atoms with Crippen molar-refractivity contribution in [2.24, 2.45) is 5.92 Å². The lowest BCUT2D eigenvalue weighted by Gasteiger charge is -2.30. The van der Waals surface area contributed by atoms with Crippen LogP contribution in [-0.4, -0.2) is 30.0 Å². The van der Waals surface area contributed by atoms with Crippen LogP contribution in [0.15, 0.2) is 30.3 Å². The summed E-state index contributed by atoms with van der Waals surface area (Å²) in [6.45, 7) is 6.01. The molecule has 0 radical (unpaired) electrons. The van der Waals surface area contributed by atoms with Crippen LogP contribution < -0.4 is 10.6 Å². The quantitative estimate of drug-likeness (QED) is 0.916. The number of nitrogens with zero attached hydrogens (tertiary/aromatic N) is 1. The second-order valence-corrected chi connectivity index (χ2v) is 7.03. The number of benzene rings is 1. The summed E-state index contributed by atoms with van der Waals surface area (Å²) >= 11 is 1.46. The van der Waals surface area contributed by atoms with E-state index in [0.29, 0.717) is 10.8 Å². The van der Waals surface area contributed by atoms with Gasteiger partial charge in [-0.05, 0) is 25.8 Å². The number of carbonyl (C=O) groups excluding carboxylic acids is 1. The van der Waals surface area contributed by atoms with Gasteiger partial charge in [-0.3, -0.25) is 4.79 Å². The van der Waals surface area contributed by atoms with Gasteiger partial charge in [-0.15, -0.1) is 11.3 Å². The van der Waals surface area contributed by atoms with Crippen LogP contribution in [-0.2, 0) is 0 Å². The van der Waals surface area contributed by atoms with E-state index in [0.717, 1.165) is 35.8 Å². The fraction of sp³-hybridized carbons (Fsp3) is 0.412. The van der Waals surface area contributed by atoms with Gasteiger partial charge in [0, 0.05) is 18.2 Å². The Kier molecular flexibility index (Phi) is 4.55. The number of rotatable bonds is 3. The molecular formula is C17H21N3OS. The number of hydrogen-bond donors (Lipinski definition) is 2. The number of thiazole rings is 1. The Bertz CT molecular complexity index is 653. The van der Waals surface area contributed by atoms with Gasteiger partial charge < -0.3 is 10.6 Å². The highest BCUT2D eigenvalue weighted by Crippen LogP contribution is 2.28. The second kappa shape index (κ2) is 6.58. The minimum Gasteiger partial charge on any atom is -0.347 e. The number of carbonyl (C=O) groups is 1. The molecule has 2 unspecified atom stereocenters. The standard InChI is InChI=1S/C17H21N3OS/c1-11-8-9-18-10-14(11)20-17(21)16-15(19-12(2)22-16)13-6-4-3-5-7-13/h3-7,11,14,18H,8-10H2,1-2H3,(H,20,21). The summed E-state index contributed by atoms with van der Waals surface area (Å²) in [5, 5.41) is 7.44. The smallest absolute Gasteiger partial charge is 0.263 e. The fourth-order valence-corrected chi connectivity index (χ4v) is 3.63. The Morgan fingerprint density at radius 3 is 2.86 bits per heavy atom. The lowest BCUT2D eigenvalue weighted by Crippen LogP contribution is -2.50. The van der Waals surface area contributed by atoms with Crippen LogP contribution in [0.2, 0.25) is 0 Å². The van der Waals surface area contributed by atoms with E-state index in [1.54, 1.807) is 0 Å². The van der Waals surface area contributed by atoms with E-state index in [9.17, 15) is 4.79 Å². The van der Waals surface area contributed by atoms with Crippen molar-refractivity contribution in [1.82, 2.24) is 15.6 Å². The molecule has 1 aromatic heterocycles. The summed E-state index contributed by atoms with van der Waals surface area (Å²) < 4.78 is 0. The molecule has 1 fully saturated rings. The highest BCUT2D eigenvalue weighted by Gasteiger charge is 2.25. The fourth-order valence-electron chi connectivity index (χ4n) is 2.79. The highest BCUT2D eigenvalue weighted by atomic mass is 32.1. The zero-order chi connectivity index (χ0) is 15.5. The minimum absolute atomic E-state index is 0.00926. The number of aromatic nitrogens is 1. The molecule has 0 spiro atoms. The molecule has 1 aliphatic rings. The van der Waals surface area contributed by atoms with Crippen LogP contribution in [0, 0.1) is 12.8 Å².